The largest absolute Gasteiger partial charge is 0.411 e. The van der Waals surface area contributed by atoms with Crippen molar-refractivity contribution < 1.29 is 25.3 Å². The number of aromatic amines is 2. The Morgan fingerprint density at radius 2 is 2.38 bits per heavy atom. The molecule has 0 aromatic carbocycles. The van der Waals surface area contributed by atoms with Crippen molar-refractivity contribution in [2.24, 2.45) is 5.16 Å². The maximum atomic E-state index is 11.5. The monoisotopic (exact) mass is 312 g/mol. The minimum Gasteiger partial charge on any atom is -0.411 e. The van der Waals surface area contributed by atoms with Crippen molar-refractivity contribution in [3.63, 3.8) is 0 Å². The second-order valence-electron chi connectivity index (χ2n) is 2.80. The third-order valence-electron chi connectivity index (χ3n) is 1.87. The van der Waals surface area contributed by atoms with Gasteiger partial charge in [0.1, 0.15) is 7.11 Å². The molecule has 0 saturated carbocycles. The van der Waals surface area contributed by atoms with Crippen LogP contribution in [0.25, 0.3) is 16.8 Å². The van der Waals surface area contributed by atoms with Crippen molar-refractivity contribution in [1.82, 2.24) is 15.0 Å². The van der Waals surface area contributed by atoms with E-state index in [4.69, 9.17) is 5.73 Å². The number of hydrogen-bond acceptors (Lipinski definition) is 4. The Labute approximate surface area is 104 Å². The molecule has 2 aromatic heterocycles. The first-order chi connectivity index (χ1) is 7.22. The summed E-state index contributed by atoms with van der Waals surface area (Å²) >= 11 is 0. The van der Waals surface area contributed by atoms with Gasteiger partial charge in [-0.25, -0.2) is 0 Å². The van der Waals surface area contributed by atoms with Crippen molar-refractivity contribution in [1.29, 1.82) is 0 Å². The molecule has 16 heavy (non-hydrogen) atoms. The van der Waals surface area contributed by atoms with E-state index in [0.717, 1.165) is 0 Å². The fraction of sp³-hybridized carbons (Fsp3) is 0.125. The van der Waals surface area contributed by atoms with Gasteiger partial charge in [-0.3, -0.25) is 4.79 Å². The van der Waals surface area contributed by atoms with E-state index < -0.39 is 0 Å². The second-order valence-corrected chi connectivity index (χ2v) is 2.80. The summed E-state index contributed by atoms with van der Waals surface area (Å²) in [6.45, 7) is 0. The molecule has 2 rings (SSSR count). The smallest absolute Gasteiger partial charge is 0.204 e. The summed E-state index contributed by atoms with van der Waals surface area (Å²) < 4.78 is 0. The van der Waals surface area contributed by atoms with Gasteiger partial charge in [0.15, 0.2) is 0 Å². The van der Waals surface area contributed by atoms with Gasteiger partial charge in [-0.15, -0.1) is 0 Å². The van der Waals surface area contributed by atoms with Crippen LogP contribution in [0.1, 0.15) is 5.56 Å². The summed E-state index contributed by atoms with van der Waals surface area (Å²) in [6, 6.07) is 0. The maximum Gasteiger partial charge on any atom is 0.204 e. The molecule has 7 nitrogen and oxygen atoms in total. The van der Waals surface area contributed by atoms with Crippen molar-refractivity contribution in [2.75, 3.05) is 7.11 Å². The first-order valence-electron chi connectivity index (χ1n) is 4.12. The topological polar surface area (TPSA) is 107 Å². The van der Waals surface area contributed by atoms with Gasteiger partial charge in [0.05, 0.1) is 17.2 Å². The molecule has 8 heteroatoms. The molecule has 0 saturated heterocycles. The van der Waals surface area contributed by atoms with Crippen LogP contribution in [0.15, 0.2) is 16.1 Å². The third-order valence-corrected chi connectivity index (χ3v) is 1.87. The van der Waals surface area contributed by atoms with E-state index in [9.17, 15) is 4.79 Å². The van der Waals surface area contributed by atoms with Gasteiger partial charge >= 0.3 is 0 Å². The van der Waals surface area contributed by atoms with Crippen molar-refractivity contribution in [2.45, 2.75) is 0 Å². The summed E-state index contributed by atoms with van der Waals surface area (Å²) in [4.78, 5) is 24.9. The van der Waals surface area contributed by atoms with E-state index in [-0.39, 0.29) is 31.9 Å². The second kappa shape index (κ2) is 4.92. The van der Waals surface area contributed by atoms with Gasteiger partial charge < -0.3 is 25.5 Å². The van der Waals surface area contributed by atoms with Crippen LogP contribution in [0.3, 0.4) is 0 Å². The van der Waals surface area contributed by atoms with E-state index >= 15 is 0 Å². The Kier molecular flexibility index (Phi) is 3.82. The molecular weight excluding hydrogens is 305 g/mol. The number of oxime groups is 1. The van der Waals surface area contributed by atoms with Gasteiger partial charge in [-0.2, -0.15) is 0 Å². The fourth-order valence-electron chi connectivity index (χ4n) is 1.28. The molecule has 0 fully saturated rings. The van der Waals surface area contributed by atoms with Crippen LogP contribution in [-0.2, 0) is 25.3 Å². The summed E-state index contributed by atoms with van der Waals surface area (Å²) in [7, 11) is 1.41. The van der Waals surface area contributed by atoms with Gasteiger partial charge in [0, 0.05) is 38.1 Å². The summed E-state index contributed by atoms with van der Waals surface area (Å²) in [6.07, 6.45) is 2.98. The number of nitrogens with zero attached hydrogens (tertiary/aromatic N) is 2. The molecule has 2 aromatic rings. The molecular formula is C8H8N5O2Pd-. The summed E-state index contributed by atoms with van der Waals surface area (Å²) in [5.74, 6) is -0.176. The van der Waals surface area contributed by atoms with Gasteiger partial charge in [-0.05, 0) is 0 Å². The van der Waals surface area contributed by atoms with Crippen LogP contribution in [0.2, 0.25) is 0 Å². The first kappa shape index (κ1) is 12.4. The normalized spacial score (nSPS) is 10.6. The molecule has 0 aliphatic carbocycles. The Morgan fingerprint density at radius 3 is 3.06 bits per heavy atom. The first-order valence-corrected chi connectivity index (χ1v) is 4.12. The molecule has 88 valence electrons. The van der Waals surface area contributed by atoms with Crippen molar-refractivity contribution in [3.8, 4) is 0 Å². The number of rotatable bonds is 2. The van der Waals surface area contributed by atoms with E-state index in [1.54, 1.807) is 6.20 Å². The van der Waals surface area contributed by atoms with Gasteiger partial charge in [0.2, 0.25) is 5.56 Å². The molecule has 0 radical (unpaired) electrons. The average molecular weight is 313 g/mol. The molecule has 0 bridgehead atoms. The van der Waals surface area contributed by atoms with E-state index in [2.05, 4.69) is 24.9 Å². The Bertz CT molecular complexity index is 573. The zero-order chi connectivity index (χ0) is 10.8. The van der Waals surface area contributed by atoms with E-state index in [0.29, 0.717) is 16.6 Å². The van der Waals surface area contributed by atoms with Gasteiger partial charge in [-0.1, -0.05) is 5.16 Å². The minimum atomic E-state index is -0.371. The zero-order valence-corrected chi connectivity index (χ0v) is 9.74. The fourth-order valence-corrected chi connectivity index (χ4v) is 1.28. The molecule has 0 aliphatic heterocycles. The molecule has 2 heterocycles. The van der Waals surface area contributed by atoms with Crippen LogP contribution >= 0.6 is 0 Å². The molecule has 0 atom stereocenters. The Morgan fingerprint density at radius 1 is 1.62 bits per heavy atom. The SMILES string of the molecule is CO/N=C/c1c[nH]c2nc([NH-])[nH]c(=O)c12.[Pd]. The summed E-state index contributed by atoms with van der Waals surface area (Å²) in [5.41, 5.74) is 7.78. The number of nitrogens with one attached hydrogen (secondary N) is 3. The molecule has 0 spiro atoms. The minimum absolute atomic E-state index is 0. The van der Waals surface area contributed by atoms with Crippen molar-refractivity contribution >= 4 is 23.2 Å². The predicted molar refractivity (Wildman–Crippen MR) is 55.3 cm³/mol. The number of hydrogen-bond donors (Lipinski definition) is 2. The van der Waals surface area contributed by atoms with Crippen LogP contribution in [-0.4, -0.2) is 28.3 Å². The van der Waals surface area contributed by atoms with Crippen molar-refractivity contribution in [3.05, 3.63) is 27.8 Å². The quantitative estimate of drug-likeness (QED) is 0.489. The van der Waals surface area contributed by atoms with Crippen LogP contribution in [0, 0.1) is 0 Å². The van der Waals surface area contributed by atoms with Gasteiger partial charge in [0.25, 0.3) is 0 Å². The summed E-state index contributed by atoms with van der Waals surface area (Å²) in [5, 5.41) is 3.92. The predicted octanol–water partition coefficient (Wildman–Crippen LogP) is 0.913. The molecule has 0 aliphatic rings. The Balaban J connectivity index is 0.00000128. The standard InChI is InChI=1S/C8H9N5O2.Pd/c1-15-11-3-4-2-10-6-5(4)7(14)13-8(9)12-6;/h2-3H,1H3,(H4,9,10,11,12,13,14);/p-1. The average Bonchev–Trinajstić information content (AvgIpc) is 2.58. The van der Waals surface area contributed by atoms with E-state index in [1.165, 1.54) is 13.3 Å². The maximum absolute atomic E-state index is 11.5. The Hall–Kier alpha value is -1.65. The number of H-pyrrole nitrogens is 2. The molecule has 0 unspecified atom stereocenters. The van der Waals surface area contributed by atoms with Crippen LogP contribution in [0.4, 0.5) is 5.95 Å². The number of fused-ring (bicyclic) bond motifs is 1. The molecule has 0 amide bonds. The van der Waals surface area contributed by atoms with Crippen LogP contribution in [0.5, 0.6) is 0 Å². The molecule has 3 N–H and O–H groups in total. The zero-order valence-electron chi connectivity index (χ0n) is 8.18. The third kappa shape index (κ3) is 2.13. The van der Waals surface area contributed by atoms with E-state index in [1.807, 2.05) is 0 Å². The van der Waals surface area contributed by atoms with Crippen LogP contribution < -0.4 is 5.56 Å². The number of aromatic nitrogens is 3.